The largest absolute Gasteiger partial charge is 0.370 e. The van der Waals surface area contributed by atoms with Crippen molar-refractivity contribution < 1.29 is 4.39 Å². The Morgan fingerprint density at radius 2 is 1.58 bits per heavy atom. The van der Waals surface area contributed by atoms with Gasteiger partial charge in [-0.15, -0.1) is 0 Å². The number of benzene rings is 2. The predicted octanol–water partition coefficient (Wildman–Crippen LogP) is 4.50. The Labute approximate surface area is 153 Å². The molecule has 0 aliphatic heterocycles. The summed E-state index contributed by atoms with van der Waals surface area (Å²) < 4.78 is 12.9. The topological polar surface area (TPSA) is 49.8 Å². The fourth-order valence-corrected chi connectivity index (χ4v) is 2.75. The summed E-state index contributed by atoms with van der Waals surface area (Å²) >= 11 is 0. The molecular formula is C21H23FN4. The Morgan fingerprint density at radius 1 is 0.846 bits per heavy atom. The zero-order chi connectivity index (χ0) is 18.4. The van der Waals surface area contributed by atoms with Crippen molar-refractivity contribution in [1.82, 2.24) is 9.97 Å². The number of aromatic nitrogens is 2. The first-order chi connectivity index (χ1) is 12.6. The van der Waals surface area contributed by atoms with Gasteiger partial charge >= 0.3 is 0 Å². The fraction of sp³-hybridized carbons (Fsp3) is 0.238. The molecule has 0 radical (unpaired) electrons. The Kier molecular flexibility index (Phi) is 5.79. The second kappa shape index (κ2) is 8.43. The van der Waals surface area contributed by atoms with Gasteiger partial charge in [0.15, 0.2) is 0 Å². The number of hydrogen-bond acceptors (Lipinski definition) is 4. The summed E-state index contributed by atoms with van der Waals surface area (Å²) in [7, 11) is 0. The lowest BCUT2D eigenvalue weighted by atomic mass is 10.1. The molecule has 0 unspecified atom stereocenters. The van der Waals surface area contributed by atoms with E-state index in [0.29, 0.717) is 12.4 Å². The van der Waals surface area contributed by atoms with Crippen LogP contribution in [0.2, 0.25) is 0 Å². The van der Waals surface area contributed by atoms with E-state index in [-0.39, 0.29) is 5.82 Å². The van der Waals surface area contributed by atoms with E-state index in [1.807, 2.05) is 13.0 Å². The van der Waals surface area contributed by atoms with Gasteiger partial charge in [-0.2, -0.15) is 0 Å². The van der Waals surface area contributed by atoms with Crippen molar-refractivity contribution in [1.29, 1.82) is 0 Å². The van der Waals surface area contributed by atoms with Crippen molar-refractivity contribution in [3.05, 3.63) is 82.9 Å². The summed E-state index contributed by atoms with van der Waals surface area (Å²) in [6.45, 7) is 5.40. The zero-order valence-corrected chi connectivity index (χ0v) is 15.1. The van der Waals surface area contributed by atoms with Gasteiger partial charge < -0.3 is 10.6 Å². The number of rotatable bonds is 7. The second-order valence-corrected chi connectivity index (χ2v) is 6.33. The summed E-state index contributed by atoms with van der Waals surface area (Å²) in [4.78, 5) is 8.87. The van der Waals surface area contributed by atoms with E-state index in [0.717, 1.165) is 30.2 Å². The van der Waals surface area contributed by atoms with Crippen LogP contribution in [0, 0.1) is 19.7 Å². The van der Waals surface area contributed by atoms with Crippen LogP contribution in [0.25, 0.3) is 0 Å². The number of nitrogens with one attached hydrogen (secondary N) is 2. The average Bonchev–Trinajstić information content (AvgIpc) is 2.61. The maximum Gasteiger partial charge on any atom is 0.132 e. The molecule has 0 atom stereocenters. The van der Waals surface area contributed by atoms with E-state index in [1.165, 1.54) is 23.3 Å². The fourth-order valence-electron chi connectivity index (χ4n) is 2.75. The third-order valence-corrected chi connectivity index (χ3v) is 4.03. The summed E-state index contributed by atoms with van der Waals surface area (Å²) in [6.07, 6.45) is 0.801. The summed E-state index contributed by atoms with van der Waals surface area (Å²) in [5.74, 6) is 2.08. The molecule has 5 heteroatoms. The van der Waals surface area contributed by atoms with Gasteiger partial charge in [0.25, 0.3) is 0 Å². The van der Waals surface area contributed by atoms with Crippen LogP contribution in [-0.4, -0.2) is 16.5 Å². The third kappa shape index (κ3) is 5.28. The quantitative estimate of drug-likeness (QED) is 0.659. The Hall–Kier alpha value is -2.95. The molecule has 2 aromatic carbocycles. The van der Waals surface area contributed by atoms with Gasteiger partial charge in [0.2, 0.25) is 0 Å². The first kappa shape index (κ1) is 17.9. The molecule has 0 amide bonds. The van der Waals surface area contributed by atoms with Crippen LogP contribution in [0.3, 0.4) is 0 Å². The molecule has 2 N–H and O–H groups in total. The second-order valence-electron chi connectivity index (χ2n) is 6.33. The van der Waals surface area contributed by atoms with Crippen LogP contribution >= 0.6 is 0 Å². The number of nitrogens with zero attached hydrogens (tertiary/aromatic N) is 2. The van der Waals surface area contributed by atoms with Crippen molar-refractivity contribution in [2.75, 3.05) is 17.2 Å². The van der Waals surface area contributed by atoms with Crippen molar-refractivity contribution in [3.8, 4) is 0 Å². The molecule has 0 saturated carbocycles. The van der Waals surface area contributed by atoms with E-state index in [4.69, 9.17) is 0 Å². The van der Waals surface area contributed by atoms with E-state index in [9.17, 15) is 4.39 Å². The van der Waals surface area contributed by atoms with Gasteiger partial charge in [0, 0.05) is 19.2 Å². The molecular weight excluding hydrogens is 327 g/mol. The van der Waals surface area contributed by atoms with Gasteiger partial charge in [-0.05, 0) is 43.5 Å². The SMILES string of the molecule is Cc1cccc(CNc2cc(NCCc3ccc(F)cc3)nc(C)n2)c1. The normalized spacial score (nSPS) is 10.6. The highest BCUT2D eigenvalue weighted by atomic mass is 19.1. The van der Waals surface area contributed by atoms with E-state index in [2.05, 4.69) is 51.8 Å². The number of hydrogen-bond donors (Lipinski definition) is 2. The Morgan fingerprint density at radius 3 is 2.31 bits per heavy atom. The van der Waals surface area contributed by atoms with Crippen LogP contribution in [0.15, 0.2) is 54.6 Å². The van der Waals surface area contributed by atoms with E-state index >= 15 is 0 Å². The molecule has 26 heavy (non-hydrogen) atoms. The molecule has 3 rings (SSSR count). The van der Waals surface area contributed by atoms with Gasteiger partial charge in [0.05, 0.1) is 0 Å². The zero-order valence-electron chi connectivity index (χ0n) is 15.1. The molecule has 0 fully saturated rings. The third-order valence-electron chi connectivity index (χ3n) is 4.03. The van der Waals surface area contributed by atoms with E-state index in [1.54, 1.807) is 12.1 Å². The highest BCUT2D eigenvalue weighted by molar-refractivity contribution is 5.48. The van der Waals surface area contributed by atoms with Crippen molar-refractivity contribution in [2.45, 2.75) is 26.8 Å². The maximum atomic E-state index is 12.9. The highest BCUT2D eigenvalue weighted by Gasteiger charge is 2.03. The first-order valence-corrected chi connectivity index (χ1v) is 8.72. The molecule has 134 valence electrons. The Balaban J connectivity index is 1.57. The molecule has 0 saturated heterocycles. The molecule has 1 heterocycles. The van der Waals surface area contributed by atoms with Crippen LogP contribution in [0.1, 0.15) is 22.5 Å². The first-order valence-electron chi connectivity index (χ1n) is 8.72. The van der Waals surface area contributed by atoms with Gasteiger partial charge in [0.1, 0.15) is 23.3 Å². The molecule has 0 aliphatic carbocycles. The smallest absolute Gasteiger partial charge is 0.132 e. The van der Waals surface area contributed by atoms with Crippen LogP contribution in [0.5, 0.6) is 0 Å². The number of halogens is 1. The van der Waals surface area contributed by atoms with Crippen molar-refractivity contribution in [2.24, 2.45) is 0 Å². The molecule has 0 spiro atoms. The van der Waals surface area contributed by atoms with Gasteiger partial charge in [-0.25, -0.2) is 14.4 Å². The molecule has 4 nitrogen and oxygen atoms in total. The van der Waals surface area contributed by atoms with Gasteiger partial charge in [-0.3, -0.25) is 0 Å². The number of aryl methyl sites for hydroxylation is 2. The number of anilines is 2. The average molecular weight is 350 g/mol. The lowest BCUT2D eigenvalue weighted by Gasteiger charge is -2.11. The summed E-state index contributed by atoms with van der Waals surface area (Å²) in [5.41, 5.74) is 3.54. The summed E-state index contributed by atoms with van der Waals surface area (Å²) in [5, 5.41) is 6.66. The minimum absolute atomic E-state index is 0.211. The van der Waals surface area contributed by atoms with Crippen molar-refractivity contribution in [3.63, 3.8) is 0 Å². The minimum atomic E-state index is -0.211. The van der Waals surface area contributed by atoms with Crippen LogP contribution < -0.4 is 10.6 Å². The van der Waals surface area contributed by atoms with Gasteiger partial charge in [-0.1, -0.05) is 42.0 Å². The van der Waals surface area contributed by atoms with E-state index < -0.39 is 0 Å². The Bertz CT molecular complexity index is 862. The molecule has 0 bridgehead atoms. The monoisotopic (exact) mass is 350 g/mol. The summed E-state index contributed by atoms with van der Waals surface area (Å²) in [6, 6.07) is 16.9. The maximum absolute atomic E-state index is 12.9. The molecule has 3 aromatic rings. The predicted molar refractivity (Wildman–Crippen MR) is 104 cm³/mol. The lowest BCUT2D eigenvalue weighted by molar-refractivity contribution is 0.627. The molecule has 0 aliphatic rings. The van der Waals surface area contributed by atoms with Crippen molar-refractivity contribution >= 4 is 11.6 Å². The lowest BCUT2D eigenvalue weighted by Crippen LogP contribution is -2.09. The highest BCUT2D eigenvalue weighted by Crippen LogP contribution is 2.13. The minimum Gasteiger partial charge on any atom is -0.370 e. The van der Waals surface area contributed by atoms with Crippen LogP contribution in [-0.2, 0) is 13.0 Å². The standard InChI is InChI=1S/C21H23FN4/c1-15-4-3-5-18(12-15)14-24-21-13-20(25-16(2)26-21)23-11-10-17-6-8-19(22)9-7-17/h3-9,12-13H,10-11,14H2,1-2H3,(H2,23,24,25,26). The van der Waals surface area contributed by atoms with Crippen LogP contribution in [0.4, 0.5) is 16.0 Å². The molecule has 1 aromatic heterocycles.